The molecule has 27 heavy (non-hydrogen) atoms. The maximum absolute atomic E-state index is 12.2. The highest BCUT2D eigenvalue weighted by molar-refractivity contribution is 5.76. The second-order valence-electron chi connectivity index (χ2n) is 6.23. The van der Waals surface area contributed by atoms with E-state index in [9.17, 15) is 14.7 Å². The second-order valence-corrected chi connectivity index (χ2v) is 6.23. The summed E-state index contributed by atoms with van der Waals surface area (Å²) in [6, 6.07) is 17.2. The second kappa shape index (κ2) is 11.0. The van der Waals surface area contributed by atoms with Gasteiger partial charge < -0.3 is 9.84 Å². The van der Waals surface area contributed by atoms with Crippen LogP contribution in [0.15, 0.2) is 60.7 Å². The first-order valence-corrected chi connectivity index (χ1v) is 9.13. The number of benzene rings is 2. The summed E-state index contributed by atoms with van der Waals surface area (Å²) in [7, 11) is 0. The van der Waals surface area contributed by atoms with Gasteiger partial charge in [0.25, 0.3) is 0 Å². The predicted octanol–water partition coefficient (Wildman–Crippen LogP) is 4.15. The van der Waals surface area contributed by atoms with Gasteiger partial charge in [0.15, 0.2) is 6.04 Å². The lowest BCUT2D eigenvalue weighted by Gasteiger charge is -2.29. The first-order chi connectivity index (χ1) is 13.1. The van der Waals surface area contributed by atoms with Crippen LogP contribution in [0.4, 0.5) is 4.79 Å². The van der Waals surface area contributed by atoms with Crippen molar-refractivity contribution in [3.63, 3.8) is 0 Å². The smallest absolute Gasteiger partial charge is 0.422 e. The molecular formula is C21H26N2O4. The number of carbonyl (C=O) groups is 2. The van der Waals surface area contributed by atoms with E-state index in [2.05, 4.69) is 12.3 Å². The number of nitrogens with zero attached hydrogens (tertiary/aromatic N) is 1. The third kappa shape index (κ3) is 6.75. The number of amides is 1. The lowest BCUT2D eigenvalue weighted by atomic mass is 10.1. The highest BCUT2D eigenvalue weighted by Crippen LogP contribution is 2.20. The van der Waals surface area contributed by atoms with Crippen molar-refractivity contribution >= 4 is 12.1 Å². The number of carbonyl (C=O) groups excluding carboxylic acids is 1. The highest BCUT2D eigenvalue weighted by Gasteiger charge is 2.28. The Labute approximate surface area is 159 Å². The molecule has 6 heteroatoms. The normalized spacial score (nSPS) is 11.8. The van der Waals surface area contributed by atoms with Crippen molar-refractivity contribution in [1.29, 1.82) is 0 Å². The van der Waals surface area contributed by atoms with E-state index in [4.69, 9.17) is 4.74 Å². The van der Waals surface area contributed by atoms with Crippen LogP contribution in [0.3, 0.4) is 0 Å². The lowest BCUT2D eigenvalue weighted by Crippen LogP contribution is -2.47. The van der Waals surface area contributed by atoms with Crippen molar-refractivity contribution in [2.75, 3.05) is 6.54 Å². The van der Waals surface area contributed by atoms with Gasteiger partial charge in [0.1, 0.15) is 6.61 Å². The van der Waals surface area contributed by atoms with E-state index in [1.54, 1.807) is 24.3 Å². The molecule has 1 atom stereocenters. The SMILES string of the molecule is CCCCCN(NC(=O)OCc1ccccc1)C(C(=O)O)c1ccccc1. The van der Waals surface area contributed by atoms with Crippen molar-refractivity contribution in [3.8, 4) is 0 Å². The van der Waals surface area contributed by atoms with Gasteiger partial charge in [-0.25, -0.2) is 4.79 Å². The monoisotopic (exact) mass is 370 g/mol. The molecule has 0 bridgehead atoms. The van der Waals surface area contributed by atoms with E-state index in [0.717, 1.165) is 24.8 Å². The molecule has 0 aliphatic rings. The van der Waals surface area contributed by atoms with Crippen molar-refractivity contribution in [2.45, 2.75) is 38.8 Å². The molecule has 0 aliphatic heterocycles. The maximum Gasteiger partial charge on any atom is 0.422 e. The molecule has 1 amide bonds. The zero-order chi connectivity index (χ0) is 19.5. The Kier molecular flexibility index (Phi) is 8.32. The van der Waals surface area contributed by atoms with Crippen LogP contribution < -0.4 is 5.43 Å². The number of rotatable bonds is 10. The topological polar surface area (TPSA) is 78.9 Å². The summed E-state index contributed by atoms with van der Waals surface area (Å²) >= 11 is 0. The Morgan fingerprint density at radius 3 is 2.26 bits per heavy atom. The van der Waals surface area contributed by atoms with Gasteiger partial charge in [0, 0.05) is 6.54 Å². The van der Waals surface area contributed by atoms with Crippen LogP contribution in [0.1, 0.15) is 43.4 Å². The third-order valence-electron chi connectivity index (χ3n) is 4.11. The van der Waals surface area contributed by atoms with Crippen molar-refractivity contribution in [3.05, 3.63) is 71.8 Å². The van der Waals surface area contributed by atoms with Crippen LogP contribution in [0, 0.1) is 0 Å². The van der Waals surface area contributed by atoms with Crippen molar-refractivity contribution in [1.82, 2.24) is 10.4 Å². The number of carboxylic acid groups (broad SMARTS) is 1. The van der Waals surface area contributed by atoms with Gasteiger partial charge >= 0.3 is 12.1 Å². The fraction of sp³-hybridized carbons (Fsp3) is 0.333. The van der Waals surface area contributed by atoms with E-state index in [1.165, 1.54) is 5.01 Å². The molecule has 0 radical (unpaired) electrons. The summed E-state index contributed by atoms with van der Waals surface area (Å²) < 4.78 is 5.25. The average molecular weight is 370 g/mol. The number of hydrogen-bond donors (Lipinski definition) is 2. The number of hydrazine groups is 1. The van der Waals surface area contributed by atoms with Crippen LogP contribution in [-0.4, -0.2) is 28.7 Å². The molecule has 0 fully saturated rings. The minimum atomic E-state index is -1.03. The predicted molar refractivity (Wildman–Crippen MR) is 103 cm³/mol. The fourth-order valence-electron chi connectivity index (χ4n) is 2.75. The summed E-state index contributed by atoms with van der Waals surface area (Å²) in [5.74, 6) is -1.03. The van der Waals surface area contributed by atoms with Gasteiger partial charge in [0.05, 0.1) is 0 Å². The molecular weight excluding hydrogens is 344 g/mol. The number of ether oxygens (including phenoxy) is 1. The van der Waals surface area contributed by atoms with Crippen LogP contribution in [0.5, 0.6) is 0 Å². The van der Waals surface area contributed by atoms with E-state index >= 15 is 0 Å². The van der Waals surface area contributed by atoms with Gasteiger partial charge in [-0.1, -0.05) is 80.4 Å². The first kappa shape index (κ1) is 20.5. The number of unbranched alkanes of at least 4 members (excludes halogenated alkanes) is 2. The molecule has 0 saturated heterocycles. The Balaban J connectivity index is 2.07. The molecule has 2 N–H and O–H groups in total. The quantitative estimate of drug-likeness (QED) is 0.485. The zero-order valence-corrected chi connectivity index (χ0v) is 15.5. The highest BCUT2D eigenvalue weighted by atomic mass is 16.6. The van der Waals surface area contributed by atoms with Gasteiger partial charge in [0.2, 0.25) is 0 Å². The number of nitrogens with one attached hydrogen (secondary N) is 1. The Bertz CT molecular complexity index is 707. The molecule has 2 aromatic rings. The van der Waals surface area contributed by atoms with E-state index in [-0.39, 0.29) is 6.61 Å². The summed E-state index contributed by atoms with van der Waals surface area (Å²) in [6.45, 7) is 2.61. The van der Waals surface area contributed by atoms with Gasteiger partial charge in [-0.15, -0.1) is 0 Å². The van der Waals surface area contributed by atoms with E-state index in [1.807, 2.05) is 36.4 Å². The largest absolute Gasteiger partial charge is 0.480 e. The Hall–Kier alpha value is -2.86. The molecule has 0 spiro atoms. The van der Waals surface area contributed by atoms with Gasteiger partial charge in [-0.3, -0.25) is 10.2 Å². The first-order valence-electron chi connectivity index (χ1n) is 9.13. The summed E-state index contributed by atoms with van der Waals surface area (Å²) in [5, 5.41) is 11.2. The molecule has 0 aliphatic carbocycles. The van der Waals surface area contributed by atoms with Gasteiger partial charge in [-0.2, -0.15) is 5.01 Å². The summed E-state index contributed by atoms with van der Waals surface area (Å²) in [6.07, 6.45) is 2.04. The van der Waals surface area contributed by atoms with E-state index < -0.39 is 18.1 Å². The minimum Gasteiger partial charge on any atom is -0.480 e. The Morgan fingerprint density at radius 2 is 1.67 bits per heavy atom. The Morgan fingerprint density at radius 1 is 1.04 bits per heavy atom. The minimum absolute atomic E-state index is 0.124. The van der Waals surface area contributed by atoms with Crippen LogP contribution in [0.2, 0.25) is 0 Å². The molecule has 2 rings (SSSR count). The molecule has 144 valence electrons. The number of hydrogen-bond acceptors (Lipinski definition) is 4. The van der Waals surface area contributed by atoms with Crippen LogP contribution in [0.25, 0.3) is 0 Å². The molecule has 0 saturated carbocycles. The zero-order valence-electron chi connectivity index (χ0n) is 15.5. The lowest BCUT2D eigenvalue weighted by molar-refractivity contribution is -0.144. The maximum atomic E-state index is 12.2. The summed E-state index contributed by atoms with van der Waals surface area (Å²) in [4.78, 5) is 24.2. The third-order valence-corrected chi connectivity index (χ3v) is 4.11. The van der Waals surface area contributed by atoms with Crippen molar-refractivity contribution in [2.24, 2.45) is 0 Å². The summed E-state index contributed by atoms with van der Waals surface area (Å²) in [5.41, 5.74) is 4.08. The molecule has 0 heterocycles. The molecule has 6 nitrogen and oxygen atoms in total. The average Bonchev–Trinajstić information content (AvgIpc) is 2.68. The molecule has 0 aromatic heterocycles. The number of carboxylic acids is 1. The fourth-order valence-corrected chi connectivity index (χ4v) is 2.75. The standard InChI is InChI=1S/C21H26N2O4/c1-2-3-10-15-23(19(20(24)25)18-13-8-5-9-14-18)22-21(26)27-16-17-11-6-4-7-12-17/h4-9,11-14,19H,2-3,10,15-16H2,1H3,(H,22,26)(H,24,25). The van der Waals surface area contributed by atoms with Crippen molar-refractivity contribution < 1.29 is 19.4 Å². The van der Waals surface area contributed by atoms with Crippen LogP contribution >= 0.6 is 0 Å². The van der Waals surface area contributed by atoms with Crippen LogP contribution in [-0.2, 0) is 16.1 Å². The van der Waals surface area contributed by atoms with E-state index in [0.29, 0.717) is 12.1 Å². The molecule has 2 aromatic carbocycles. The number of aliphatic carboxylic acids is 1. The molecule has 1 unspecified atom stereocenters. The van der Waals surface area contributed by atoms with Gasteiger partial charge in [-0.05, 0) is 17.5 Å².